The summed E-state index contributed by atoms with van der Waals surface area (Å²) in [6.45, 7) is 11.2. The van der Waals surface area contributed by atoms with Crippen molar-refractivity contribution < 1.29 is 4.42 Å². The highest BCUT2D eigenvalue weighted by atomic mass is 79.9. The van der Waals surface area contributed by atoms with Crippen LogP contribution in [0.3, 0.4) is 0 Å². The van der Waals surface area contributed by atoms with Crippen LogP contribution in [0.5, 0.6) is 0 Å². The Balaban J connectivity index is 1.79. The maximum atomic E-state index is 6.49. The molecule has 4 aromatic carbocycles. The van der Waals surface area contributed by atoms with Crippen LogP contribution >= 0.6 is 15.9 Å². The third kappa shape index (κ3) is 3.58. The number of aryl methyl sites for hydroxylation is 1. The van der Waals surface area contributed by atoms with Crippen molar-refractivity contribution in [2.75, 3.05) is 0 Å². The van der Waals surface area contributed by atoms with Crippen LogP contribution < -0.4 is 0 Å². The summed E-state index contributed by atoms with van der Waals surface area (Å²) in [5.74, 6) is 1.59. The molecule has 0 fully saturated rings. The summed E-state index contributed by atoms with van der Waals surface area (Å²) in [6.07, 6.45) is 0. The first-order valence-electron chi connectivity index (χ1n) is 12.6. The van der Waals surface area contributed by atoms with E-state index in [1.54, 1.807) is 0 Å². The van der Waals surface area contributed by atoms with Crippen LogP contribution in [0.25, 0.3) is 50.0 Å². The van der Waals surface area contributed by atoms with E-state index in [9.17, 15) is 0 Å². The van der Waals surface area contributed by atoms with Gasteiger partial charge in [-0.25, -0.2) is 4.98 Å². The van der Waals surface area contributed by atoms with Gasteiger partial charge in [0, 0.05) is 15.2 Å². The molecule has 0 aliphatic heterocycles. The van der Waals surface area contributed by atoms with Crippen LogP contribution in [0.2, 0.25) is 0 Å². The first kappa shape index (κ1) is 23.1. The predicted octanol–water partition coefficient (Wildman–Crippen LogP) is 9.91. The fraction of sp³-hybridized carbons (Fsp3) is 0.219. The summed E-state index contributed by atoms with van der Waals surface area (Å²) in [4.78, 5) is 5.24. The van der Waals surface area contributed by atoms with Gasteiger partial charge in [0.15, 0.2) is 0 Å². The van der Waals surface area contributed by atoms with Gasteiger partial charge in [0.05, 0.1) is 22.3 Å². The van der Waals surface area contributed by atoms with Crippen molar-refractivity contribution in [1.29, 1.82) is 0 Å². The monoisotopic (exact) mass is 536 g/mol. The van der Waals surface area contributed by atoms with Crippen molar-refractivity contribution in [1.82, 2.24) is 9.55 Å². The van der Waals surface area contributed by atoms with Gasteiger partial charge in [0.25, 0.3) is 0 Å². The van der Waals surface area contributed by atoms with Gasteiger partial charge in [-0.15, -0.1) is 0 Å². The summed E-state index contributed by atoms with van der Waals surface area (Å²) >= 11 is 3.78. The molecule has 2 heterocycles. The summed E-state index contributed by atoms with van der Waals surface area (Å²) in [5.41, 5.74) is 9.88. The number of hydrogen-bond donors (Lipinski definition) is 0. The van der Waals surface area contributed by atoms with Crippen molar-refractivity contribution in [3.05, 3.63) is 94.0 Å². The Kier molecular flexibility index (Phi) is 5.53. The lowest BCUT2D eigenvalue weighted by molar-refractivity contribution is 0.669. The quantitative estimate of drug-likeness (QED) is 0.224. The van der Waals surface area contributed by atoms with E-state index in [4.69, 9.17) is 9.40 Å². The Morgan fingerprint density at radius 2 is 1.47 bits per heavy atom. The second kappa shape index (κ2) is 8.63. The summed E-state index contributed by atoms with van der Waals surface area (Å²) in [5, 5.41) is 2.26. The number of hydrogen-bond acceptors (Lipinski definition) is 2. The molecule has 0 bridgehead atoms. The van der Waals surface area contributed by atoms with Gasteiger partial charge in [-0.2, -0.15) is 0 Å². The summed E-state index contributed by atoms with van der Waals surface area (Å²) < 4.78 is 9.97. The van der Waals surface area contributed by atoms with Crippen molar-refractivity contribution >= 4 is 48.9 Å². The summed E-state index contributed by atoms with van der Waals surface area (Å²) in [7, 11) is 0. The zero-order valence-electron chi connectivity index (χ0n) is 21.3. The zero-order chi connectivity index (χ0) is 25.1. The molecular formula is C32H29BrN2O. The number of benzene rings is 4. The van der Waals surface area contributed by atoms with Crippen LogP contribution in [0.15, 0.2) is 81.7 Å². The Hall–Kier alpha value is -3.37. The van der Waals surface area contributed by atoms with Crippen molar-refractivity contribution in [3.63, 3.8) is 0 Å². The van der Waals surface area contributed by atoms with Gasteiger partial charge >= 0.3 is 0 Å². The van der Waals surface area contributed by atoms with E-state index in [0.29, 0.717) is 11.8 Å². The molecule has 0 aliphatic carbocycles. The fourth-order valence-electron chi connectivity index (χ4n) is 5.35. The molecule has 0 saturated heterocycles. The maximum Gasteiger partial charge on any atom is 0.149 e. The van der Waals surface area contributed by atoms with Crippen LogP contribution in [-0.4, -0.2) is 9.55 Å². The lowest BCUT2D eigenvalue weighted by Gasteiger charge is -2.23. The molecular weight excluding hydrogens is 508 g/mol. The zero-order valence-corrected chi connectivity index (χ0v) is 22.8. The van der Waals surface area contributed by atoms with Crippen molar-refractivity contribution in [2.24, 2.45) is 0 Å². The first-order chi connectivity index (χ1) is 17.3. The average Bonchev–Trinajstić information content (AvgIpc) is 3.41. The number of para-hydroxylation sites is 3. The van der Waals surface area contributed by atoms with E-state index in [0.717, 1.165) is 48.8 Å². The number of rotatable bonds is 4. The standard InChI is InChI=1S/C32H29BrN2O/c1-18(2)23-16-21(33)17-24(19(3)4)30(23)35-28-12-8-7-11-27(28)34-32(35)26-15-20(5)14-25-22-10-6-9-13-29(22)36-31(25)26/h6-19H,1-5H3. The van der Waals surface area contributed by atoms with Crippen molar-refractivity contribution in [2.45, 2.75) is 46.5 Å². The molecule has 0 amide bonds. The molecule has 180 valence electrons. The Morgan fingerprint density at radius 3 is 2.19 bits per heavy atom. The third-order valence-electron chi connectivity index (χ3n) is 7.03. The largest absolute Gasteiger partial charge is 0.455 e. The van der Waals surface area contributed by atoms with Gasteiger partial charge < -0.3 is 4.42 Å². The molecule has 6 aromatic rings. The normalized spacial score (nSPS) is 12.1. The molecule has 0 aliphatic rings. The van der Waals surface area contributed by atoms with E-state index in [2.05, 4.69) is 116 Å². The minimum atomic E-state index is 0.341. The molecule has 0 unspecified atom stereocenters. The van der Waals surface area contributed by atoms with E-state index in [1.807, 2.05) is 12.1 Å². The summed E-state index contributed by atoms with van der Waals surface area (Å²) in [6, 6.07) is 25.7. The smallest absolute Gasteiger partial charge is 0.149 e. The van der Waals surface area contributed by atoms with Crippen LogP contribution in [0, 0.1) is 6.92 Å². The number of nitrogens with zero attached hydrogens (tertiary/aromatic N) is 2. The van der Waals surface area contributed by atoms with Gasteiger partial charge in [-0.3, -0.25) is 4.57 Å². The van der Waals surface area contributed by atoms with Gasteiger partial charge in [-0.05, 0) is 77.9 Å². The second-order valence-corrected chi connectivity index (χ2v) is 11.2. The first-order valence-corrected chi connectivity index (χ1v) is 13.4. The van der Waals surface area contributed by atoms with Crippen LogP contribution in [-0.2, 0) is 0 Å². The Labute approximate surface area is 219 Å². The Bertz CT molecular complexity index is 1740. The predicted molar refractivity (Wildman–Crippen MR) is 154 cm³/mol. The van der Waals surface area contributed by atoms with Gasteiger partial charge in [0.1, 0.15) is 17.0 Å². The molecule has 0 saturated carbocycles. The Morgan fingerprint density at radius 1 is 0.806 bits per heavy atom. The lowest BCUT2D eigenvalue weighted by atomic mass is 9.92. The fourth-order valence-corrected chi connectivity index (χ4v) is 5.84. The highest BCUT2D eigenvalue weighted by Gasteiger charge is 2.25. The molecule has 4 heteroatoms. The molecule has 2 aromatic heterocycles. The minimum Gasteiger partial charge on any atom is -0.455 e. The number of halogens is 1. The van der Waals surface area contributed by atoms with Crippen molar-refractivity contribution in [3.8, 4) is 17.1 Å². The highest BCUT2D eigenvalue weighted by Crippen LogP contribution is 2.42. The van der Waals surface area contributed by atoms with Gasteiger partial charge in [-0.1, -0.05) is 74.0 Å². The van der Waals surface area contributed by atoms with E-state index in [1.165, 1.54) is 22.4 Å². The topological polar surface area (TPSA) is 31.0 Å². The van der Waals surface area contributed by atoms with Gasteiger partial charge in [0.2, 0.25) is 0 Å². The van der Waals surface area contributed by atoms with E-state index in [-0.39, 0.29) is 0 Å². The maximum absolute atomic E-state index is 6.49. The average molecular weight is 538 g/mol. The van der Waals surface area contributed by atoms with E-state index < -0.39 is 0 Å². The SMILES string of the molecule is Cc1cc(-c2nc3ccccc3n2-c2c(C(C)C)cc(Br)cc2C(C)C)c2oc3ccccc3c2c1. The number of imidazole rings is 1. The number of furan rings is 1. The highest BCUT2D eigenvalue weighted by molar-refractivity contribution is 9.10. The van der Waals surface area contributed by atoms with Crippen LogP contribution in [0.1, 0.15) is 56.2 Å². The second-order valence-electron chi connectivity index (χ2n) is 10.3. The molecule has 36 heavy (non-hydrogen) atoms. The molecule has 0 N–H and O–H groups in total. The molecule has 0 atom stereocenters. The lowest BCUT2D eigenvalue weighted by Crippen LogP contribution is -2.09. The minimum absolute atomic E-state index is 0.341. The van der Waals surface area contributed by atoms with E-state index >= 15 is 0 Å². The molecule has 0 radical (unpaired) electrons. The molecule has 0 spiro atoms. The molecule has 6 rings (SSSR count). The molecule has 3 nitrogen and oxygen atoms in total. The third-order valence-corrected chi connectivity index (χ3v) is 7.48. The number of fused-ring (bicyclic) bond motifs is 4. The van der Waals surface area contributed by atoms with Crippen LogP contribution in [0.4, 0.5) is 0 Å². The number of aromatic nitrogens is 2.